The predicted molar refractivity (Wildman–Crippen MR) is 158 cm³/mol. The van der Waals surface area contributed by atoms with E-state index in [1.54, 1.807) is 30.3 Å². The van der Waals surface area contributed by atoms with E-state index in [2.05, 4.69) is 20.6 Å². The number of aromatic nitrogens is 2. The third-order valence-electron chi connectivity index (χ3n) is 7.01. The van der Waals surface area contributed by atoms with Crippen LogP contribution in [0.3, 0.4) is 0 Å². The van der Waals surface area contributed by atoms with Crippen molar-refractivity contribution >= 4 is 50.1 Å². The van der Waals surface area contributed by atoms with Crippen molar-refractivity contribution in [2.24, 2.45) is 11.3 Å². The van der Waals surface area contributed by atoms with Crippen LogP contribution in [0.4, 0.5) is 17.3 Å². The van der Waals surface area contributed by atoms with Gasteiger partial charge in [-0.3, -0.25) is 4.79 Å². The van der Waals surface area contributed by atoms with E-state index in [0.717, 1.165) is 12.2 Å². The van der Waals surface area contributed by atoms with Crippen molar-refractivity contribution in [1.82, 2.24) is 9.97 Å². The van der Waals surface area contributed by atoms with Gasteiger partial charge in [0.2, 0.25) is 0 Å². The van der Waals surface area contributed by atoms with Gasteiger partial charge in [0.05, 0.1) is 41.3 Å². The molecule has 1 aliphatic carbocycles. The fourth-order valence-corrected chi connectivity index (χ4v) is 5.62. The van der Waals surface area contributed by atoms with Crippen molar-refractivity contribution in [3.8, 4) is 11.5 Å². The summed E-state index contributed by atoms with van der Waals surface area (Å²) < 4.78 is 37.0. The molecule has 0 radical (unpaired) electrons. The van der Waals surface area contributed by atoms with Crippen molar-refractivity contribution in [1.29, 1.82) is 0 Å². The number of carboxylic acid groups (broad SMARTS) is 2. The summed E-state index contributed by atoms with van der Waals surface area (Å²) in [5.74, 6) is -2.44. The number of ether oxygens (including phenoxy) is 2. The Bertz CT molecular complexity index is 1730. The molecular weight excluding hydrogens is 564 g/mol. The molecule has 42 heavy (non-hydrogen) atoms. The normalized spacial score (nSPS) is 18.7. The number of allylic oxidation sites excluding steroid dienone is 1. The number of nitrogens with zero attached hydrogens (tertiary/aromatic N) is 2. The van der Waals surface area contributed by atoms with Crippen LogP contribution in [-0.2, 0) is 19.4 Å². The highest BCUT2D eigenvalue weighted by Gasteiger charge is 2.44. The van der Waals surface area contributed by atoms with E-state index in [1.807, 2.05) is 12.1 Å². The summed E-state index contributed by atoms with van der Waals surface area (Å²) in [6.07, 6.45) is 4.81. The van der Waals surface area contributed by atoms with Crippen molar-refractivity contribution < 1.29 is 37.7 Å². The van der Waals surface area contributed by atoms with Gasteiger partial charge in [-0.2, -0.15) is 0 Å². The van der Waals surface area contributed by atoms with Crippen LogP contribution in [0, 0.1) is 11.3 Å². The minimum absolute atomic E-state index is 0.292. The van der Waals surface area contributed by atoms with E-state index in [9.17, 15) is 28.2 Å². The Labute approximate surface area is 242 Å². The Morgan fingerprint density at radius 1 is 1.02 bits per heavy atom. The zero-order valence-corrected chi connectivity index (χ0v) is 24.1. The van der Waals surface area contributed by atoms with Crippen LogP contribution in [0.5, 0.6) is 11.5 Å². The maximum Gasteiger partial charge on any atom is 0.331 e. The summed E-state index contributed by atoms with van der Waals surface area (Å²) in [5, 5.41) is 25.5. The van der Waals surface area contributed by atoms with E-state index in [-0.39, 0.29) is 10.5 Å². The molecule has 12 nitrogen and oxygen atoms in total. The quantitative estimate of drug-likeness (QED) is 0.247. The molecule has 0 spiro atoms. The summed E-state index contributed by atoms with van der Waals surface area (Å²) in [6.45, 7) is 2.74. The lowest BCUT2D eigenvalue weighted by Crippen LogP contribution is -2.38. The smallest absolute Gasteiger partial charge is 0.331 e. The molecule has 2 aromatic carbocycles. The molecule has 1 heterocycles. The summed E-state index contributed by atoms with van der Waals surface area (Å²) in [4.78, 5) is 32.6. The molecule has 0 aliphatic heterocycles. The number of para-hydroxylation sites is 2. The van der Waals surface area contributed by atoms with Gasteiger partial charge in [-0.25, -0.2) is 23.2 Å². The van der Waals surface area contributed by atoms with Gasteiger partial charge >= 0.3 is 11.9 Å². The van der Waals surface area contributed by atoms with Crippen LogP contribution in [0.15, 0.2) is 77.4 Å². The number of aliphatic carboxylic acids is 2. The van der Waals surface area contributed by atoms with Gasteiger partial charge in [-0.1, -0.05) is 25.1 Å². The Balaban J connectivity index is 1.62. The van der Waals surface area contributed by atoms with Gasteiger partial charge in [0.1, 0.15) is 11.5 Å². The number of benzene rings is 2. The largest absolute Gasteiger partial charge is 0.497 e. The molecule has 0 bridgehead atoms. The second-order valence-electron chi connectivity index (χ2n) is 9.73. The average molecular weight is 595 g/mol. The standard InChI is InChI=1S/C29H30N4O8S/c1-17-22(27(34)35)15-21(16-29(17,2)28(36)37)42(38,39)11-7-10-30-25-26(33-24-9-6-5-8-23(24)32-25)31-18-12-19(40-3)14-20(13-18)41-4/h5-10,12-17H,11H2,1-4H3,(H,30,32)(H,31,33)(H,34,35)(H,36,37). The summed E-state index contributed by atoms with van der Waals surface area (Å²) in [7, 11) is -1.02. The molecule has 13 heteroatoms. The fraction of sp³-hybridized carbons (Fsp3) is 0.241. The summed E-state index contributed by atoms with van der Waals surface area (Å²) in [5.41, 5.74) is -0.189. The molecule has 2 atom stereocenters. The van der Waals surface area contributed by atoms with E-state index in [0.29, 0.717) is 39.9 Å². The molecule has 4 N–H and O–H groups in total. The van der Waals surface area contributed by atoms with Crippen molar-refractivity contribution in [2.75, 3.05) is 30.6 Å². The van der Waals surface area contributed by atoms with Crippen LogP contribution >= 0.6 is 0 Å². The number of carboxylic acids is 2. The maximum atomic E-state index is 13.1. The van der Waals surface area contributed by atoms with E-state index < -0.39 is 38.9 Å². The van der Waals surface area contributed by atoms with Crippen molar-refractivity contribution in [3.05, 3.63) is 77.4 Å². The lowest BCUT2D eigenvalue weighted by Gasteiger charge is -2.32. The van der Waals surface area contributed by atoms with Gasteiger partial charge < -0.3 is 30.3 Å². The number of hydrogen-bond acceptors (Lipinski definition) is 10. The molecule has 0 saturated carbocycles. The average Bonchev–Trinajstić information content (AvgIpc) is 2.96. The number of hydrogen-bond donors (Lipinski definition) is 4. The van der Waals surface area contributed by atoms with Crippen LogP contribution in [0.1, 0.15) is 13.8 Å². The zero-order valence-electron chi connectivity index (χ0n) is 23.3. The number of methoxy groups -OCH3 is 2. The van der Waals surface area contributed by atoms with Crippen molar-refractivity contribution in [3.63, 3.8) is 0 Å². The first kappa shape index (κ1) is 30.1. The Hall–Kier alpha value is -4.91. The Morgan fingerprint density at radius 2 is 1.62 bits per heavy atom. The molecular formula is C29H30N4O8S. The summed E-state index contributed by atoms with van der Waals surface area (Å²) in [6, 6.07) is 12.4. The number of sulfone groups is 1. The third kappa shape index (κ3) is 6.20. The van der Waals surface area contributed by atoms with Crippen LogP contribution in [0.25, 0.3) is 11.0 Å². The minimum atomic E-state index is -4.09. The Kier molecular flexibility index (Phi) is 8.52. The highest BCUT2D eigenvalue weighted by Crippen LogP contribution is 2.41. The zero-order chi connectivity index (χ0) is 30.7. The molecule has 2 unspecified atom stereocenters. The molecule has 0 saturated heterocycles. The molecule has 3 aromatic rings. The number of anilines is 3. The molecule has 220 valence electrons. The molecule has 1 aliphatic rings. The summed E-state index contributed by atoms with van der Waals surface area (Å²) >= 11 is 0. The second-order valence-corrected chi connectivity index (χ2v) is 11.8. The highest BCUT2D eigenvalue weighted by atomic mass is 32.2. The first-order valence-electron chi connectivity index (χ1n) is 12.7. The lowest BCUT2D eigenvalue weighted by molar-refractivity contribution is -0.147. The van der Waals surface area contributed by atoms with E-state index in [4.69, 9.17) is 9.47 Å². The second kappa shape index (κ2) is 11.9. The van der Waals surface area contributed by atoms with Gasteiger partial charge in [0, 0.05) is 35.4 Å². The maximum absolute atomic E-state index is 13.1. The number of fused-ring (bicyclic) bond motifs is 1. The number of rotatable bonds is 11. The predicted octanol–water partition coefficient (Wildman–Crippen LogP) is 4.37. The first-order valence-corrected chi connectivity index (χ1v) is 14.4. The Morgan fingerprint density at radius 3 is 2.17 bits per heavy atom. The SMILES string of the molecule is COc1cc(Nc2nc3ccccc3nc2NC=CCS(=O)(=O)C2=CC(C)(C(=O)O)C(C)C(C(=O)O)=C2)cc(OC)c1. The van der Waals surface area contributed by atoms with E-state index in [1.165, 1.54) is 40.3 Å². The fourth-order valence-electron chi connectivity index (χ4n) is 4.35. The lowest BCUT2D eigenvalue weighted by atomic mass is 9.71. The van der Waals surface area contributed by atoms with Gasteiger partial charge in [-0.15, -0.1) is 0 Å². The van der Waals surface area contributed by atoms with E-state index >= 15 is 0 Å². The monoisotopic (exact) mass is 594 g/mol. The van der Waals surface area contributed by atoms with Crippen molar-refractivity contribution in [2.45, 2.75) is 13.8 Å². The minimum Gasteiger partial charge on any atom is -0.497 e. The van der Waals surface area contributed by atoms with Gasteiger partial charge in [0.15, 0.2) is 21.5 Å². The molecule has 4 rings (SSSR count). The van der Waals surface area contributed by atoms with Crippen LogP contribution in [0.2, 0.25) is 0 Å². The first-order chi connectivity index (χ1) is 19.9. The highest BCUT2D eigenvalue weighted by molar-refractivity contribution is 7.95. The number of carbonyl (C=O) groups is 2. The van der Waals surface area contributed by atoms with Crippen LogP contribution < -0.4 is 20.1 Å². The molecule has 0 fully saturated rings. The molecule has 0 amide bonds. The van der Waals surface area contributed by atoms with Gasteiger partial charge in [-0.05, 0) is 37.4 Å². The topological polar surface area (TPSA) is 177 Å². The third-order valence-corrected chi connectivity index (χ3v) is 8.60. The van der Waals surface area contributed by atoms with Gasteiger partial charge in [0.25, 0.3) is 0 Å². The number of nitrogens with one attached hydrogen (secondary N) is 2. The molecule has 1 aromatic heterocycles. The van der Waals surface area contributed by atoms with Crippen LogP contribution in [-0.4, -0.2) is 60.5 Å².